The molecule has 0 fully saturated rings. The third-order valence-electron chi connectivity index (χ3n) is 0.413. The van der Waals surface area contributed by atoms with Gasteiger partial charge in [-0.05, 0) is 6.42 Å². The molecule has 0 saturated heterocycles. The van der Waals surface area contributed by atoms with Crippen molar-refractivity contribution in [2.75, 3.05) is 0 Å². The topological polar surface area (TPSA) is 0 Å². The van der Waals surface area contributed by atoms with Gasteiger partial charge in [-0.15, -0.1) is 0 Å². The van der Waals surface area contributed by atoms with Gasteiger partial charge in [-0.3, -0.25) is 0 Å². The molecular weight excluding hydrogens is 86.0 g/mol. The number of allylic oxidation sites excluding steroid dienone is 1. The lowest BCUT2D eigenvalue weighted by atomic mass is 10.5. The van der Waals surface area contributed by atoms with Gasteiger partial charge in [0.25, 0.3) is 0 Å². The zero-order chi connectivity index (χ0) is 4.99. The van der Waals surface area contributed by atoms with Gasteiger partial charge in [0.2, 0.25) is 0 Å². The molecule has 0 unspecified atom stereocenters. The monoisotopic (exact) mass is 91.0 g/mol. The summed E-state index contributed by atoms with van der Waals surface area (Å²) in [5, 5.41) is 0. The van der Waals surface area contributed by atoms with Crippen molar-refractivity contribution in [1.82, 2.24) is 0 Å². The van der Waals surface area contributed by atoms with Crippen molar-refractivity contribution in [3.63, 3.8) is 0 Å². The van der Waals surface area contributed by atoms with E-state index in [0.717, 1.165) is 6.33 Å². The van der Waals surface area contributed by atoms with Gasteiger partial charge in [-0.25, -0.2) is 8.78 Å². The zero-order valence-electron chi connectivity index (χ0n) is 3.46. The van der Waals surface area contributed by atoms with Crippen LogP contribution >= 0.6 is 0 Å². The van der Waals surface area contributed by atoms with Gasteiger partial charge >= 0.3 is 0 Å². The lowest BCUT2D eigenvalue weighted by Crippen LogP contribution is -1.60. The normalized spacial score (nSPS) is 12.2. The van der Waals surface area contributed by atoms with Gasteiger partial charge in [0.05, 0.1) is 0 Å². The highest BCUT2D eigenvalue weighted by Crippen LogP contribution is 1.98. The van der Waals surface area contributed by atoms with Crippen molar-refractivity contribution in [2.45, 2.75) is 13.3 Å². The highest BCUT2D eigenvalue weighted by atomic mass is 19.2. The molecule has 0 atom stereocenters. The van der Waals surface area contributed by atoms with Crippen molar-refractivity contribution >= 4 is 0 Å². The van der Waals surface area contributed by atoms with Crippen LogP contribution in [0.25, 0.3) is 0 Å². The smallest absolute Gasteiger partial charge is 0.192 e. The van der Waals surface area contributed by atoms with E-state index in [-0.39, 0.29) is 6.42 Å². The molecule has 0 aromatic heterocycles. The lowest BCUT2D eigenvalue weighted by Gasteiger charge is -1.75. The quantitative estimate of drug-likeness (QED) is 0.463. The largest absolute Gasteiger partial charge is 0.209 e. The van der Waals surface area contributed by atoms with Crippen LogP contribution in [0.3, 0.4) is 0 Å². The Morgan fingerprint density at radius 3 is 2.33 bits per heavy atom. The van der Waals surface area contributed by atoms with Crippen molar-refractivity contribution < 1.29 is 8.78 Å². The lowest BCUT2D eigenvalue weighted by molar-refractivity contribution is 0.539. The van der Waals surface area contributed by atoms with Crippen LogP contribution in [0.5, 0.6) is 0 Å². The Labute approximate surface area is 35.5 Å². The van der Waals surface area contributed by atoms with Crippen LogP contribution in [-0.4, -0.2) is 0 Å². The second-order valence-electron chi connectivity index (χ2n) is 0.853. The van der Waals surface area contributed by atoms with Crippen LogP contribution in [0.15, 0.2) is 5.83 Å². The molecule has 0 aliphatic carbocycles. The summed E-state index contributed by atoms with van der Waals surface area (Å²) < 4.78 is 22.0. The molecule has 0 amide bonds. The molecule has 0 bridgehead atoms. The van der Waals surface area contributed by atoms with E-state index in [4.69, 9.17) is 0 Å². The molecule has 0 N–H and O–H groups in total. The van der Waals surface area contributed by atoms with E-state index < -0.39 is 5.83 Å². The Balaban J connectivity index is 3.22. The highest BCUT2D eigenvalue weighted by molar-refractivity contribution is 4.75. The molecule has 1 radical (unpaired) electrons. The maximum Gasteiger partial charge on any atom is 0.192 e. The molecule has 6 heavy (non-hydrogen) atoms. The minimum absolute atomic E-state index is 0.0938. The molecule has 0 aliphatic rings. The first-order valence-corrected chi connectivity index (χ1v) is 1.69. The summed E-state index contributed by atoms with van der Waals surface area (Å²) >= 11 is 0. The first kappa shape index (κ1) is 5.60. The molecule has 0 aromatic rings. The molecule has 0 nitrogen and oxygen atoms in total. The maximum atomic E-state index is 11.3. The van der Waals surface area contributed by atoms with Crippen molar-refractivity contribution in [3.8, 4) is 0 Å². The molecule has 0 aliphatic heterocycles. The number of halogens is 2. The number of hydrogen-bond donors (Lipinski definition) is 0. The fourth-order valence-electron chi connectivity index (χ4n) is 0.0668. The fourth-order valence-corrected chi connectivity index (χ4v) is 0.0668. The van der Waals surface area contributed by atoms with Crippen molar-refractivity contribution in [1.29, 1.82) is 0 Å². The van der Waals surface area contributed by atoms with Gasteiger partial charge in [0.15, 0.2) is 6.33 Å². The summed E-state index contributed by atoms with van der Waals surface area (Å²) in [5.41, 5.74) is 0. The Kier molecular flexibility index (Phi) is 2.63. The van der Waals surface area contributed by atoms with E-state index in [1.807, 2.05) is 0 Å². The van der Waals surface area contributed by atoms with Crippen LogP contribution in [-0.2, 0) is 0 Å². The molecule has 2 heteroatoms. The highest BCUT2D eigenvalue weighted by Gasteiger charge is 1.83. The van der Waals surface area contributed by atoms with Gasteiger partial charge < -0.3 is 0 Å². The first-order chi connectivity index (χ1) is 2.81. The van der Waals surface area contributed by atoms with Crippen LogP contribution in [0.1, 0.15) is 13.3 Å². The van der Waals surface area contributed by atoms with Gasteiger partial charge in [-0.1, -0.05) is 6.92 Å². The molecular formula is C4H5F2. The van der Waals surface area contributed by atoms with E-state index in [1.165, 1.54) is 6.92 Å². The van der Waals surface area contributed by atoms with E-state index in [1.54, 1.807) is 0 Å². The van der Waals surface area contributed by atoms with Gasteiger partial charge in [0.1, 0.15) is 5.83 Å². The average molecular weight is 91.1 g/mol. The number of hydrogen-bond acceptors (Lipinski definition) is 0. The SMILES string of the molecule is CC/C(F)=[C]\F. The minimum Gasteiger partial charge on any atom is -0.209 e. The predicted octanol–water partition coefficient (Wildman–Crippen LogP) is 1.98. The van der Waals surface area contributed by atoms with Crippen LogP contribution in [0.4, 0.5) is 8.78 Å². The van der Waals surface area contributed by atoms with E-state index in [2.05, 4.69) is 0 Å². The van der Waals surface area contributed by atoms with E-state index in [9.17, 15) is 8.78 Å². The number of rotatable bonds is 1. The molecule has 0 heterocycles. The predicted molar refractivity (Wildman–Crippen MR) is 19.3 cm³/mol. The third-order valence-corrected chi connectivity index (χ3v) is 0.413. The summed E-state index contributed by atoms with van der Waals surface area (Å²) in [6.45, 7) is 1.52. The molecule has 0 spiro atoms. The third kappa shape index (κ3) is 1.88. The van der Waals surface area contributed by atoms with E-state index >= 15 is 0 Å². The van der Waals surface area contributed by atoms with Gasteiger partial charge in [-0.2, -0.15) is 0 Å². The van der Waals surface area contributed by atoms with Crippen molar-refractivity contribution in [3.05, 3.63) is 12.2 Å². The van der Waals surface area contributed by atoms with Crippen LogP contribution < -0.4 is 0 Å². The summed E-state index contributed by atoms with van der Waals surface area (Å²) in [5.74, 6) is -0.824. The van der Waals surface area contributed by atoms with Crippen LogP contribution in [0, 0.1) is 6.33 Å². The van der Waals surface area contributed by atoms with Gasteiger partial charge in [0, 0.05) is 0 Å². The second-order valence-corrected chi connectivity index (χ2v) is 0.853. The maximum absolute atomic E-state index is 11.3. The Morgan fingerprint density at radius 1 is 1.83 bits per heavy atom. The average Bonchev–Trinajstić information content (AvgIpc) is 1.65. The molecule has 0 saturated carbocycles. The summed E-state index contributed by atoms with van der Waals surface area (Å²) in [7, 11) is 0. The van der Waals surface area contributed by atoms with E-state index in [0.29, 0.717) is 0 Å². The Bertz CT molecular complexity index is 56.6. The summed E-state index contributed by atoms with van der Waals surface area (Å²) in [6, 6.07) is 0. The molecule has 0 rings (SSSR count). The Hall–Kier alpha value is -0.400. The standard InChI is InChI=1S/C4H5F2/c1-2-4(6)3-5/h2H2,1H3. The Morgan fingerprint density at radius 2 is 2.33 bits per heavy atom. The summed E-state index contributed by atoms with van der Waals surface area (Å²) in [4.78, 5) is 0. The molecule has 0 aromatic carbocycles. The van der Waals surface area contributed by atoms with Crippen molar-refractivity contribution in [2.24, 2.45) is 0 Å². The summed E-state index contributed by atoms with van der Waals surface area (Å²) in [6.07, 6.45) is 0.958. The minimum atomic E-state index is -0.824. The zero-order valence-corrected chi connectivity index (χ0v) is 3.46. The molecule has 35 valence electrons. The first-order valence-electron chi connectivity index (χ1n) is 1.69. The fraction of sp³-hybridized carbons (Fsp3) is 0.500. The second kappa shape index (κ2) is 2.82. The van der Waals surface area contributed by atoms with Crippen LogP contribution in [0.2, 0.25) is 0 Å².